The van der Waals surface area contributed by atoms with Gasteiger partial charge in [-0.05, 0) is 36.8 Å². The molecular weight excluding hydrogens is 364 g/mol. The molecule has 0 radical (unpaired) electrons. The summed E-state index contributed by atoms with van der Waals surface area (Å²) in [4.78, 5) is 0.0886. The summed E-state index contributed by atoms with van der Waals surface area (Å²) in [5, 5.41) is 0. The van der Waals surface area contributed by atoms with E-state index in [1.807, 2.05) is 0 Å². The summed E-state index contributed by atoms with van der Waals surface area (Å²) in [5.74, 6) is -1.49. The molecule has 112 valence electrons. The first-order chi connectivity index (χ1) is 9.79. The van der Waals surface area contributed by atoms with Crippen molar-refractivity contribution in [1.29, 1.82) is 0 Å². The van der Waals surface area contributed by atoms with Crippen molar-refractivity contribution in [2.24, 2.45) is 0 Å². The van der Waals surface area contributed by atoms with Crippen LogP contribution in [0.3, 0.4) is 0 Å². The minimum atomic E-state index is -3.76. The molecule has 2 rings (SSSR count). The topological polar surface area (TPSA) is 46.2 Å². The molecule has 0 fully saturated rings. The lowest BCUT2D eigenvalue weighted by Crippen LogP contribution is -2.23. The van der Waals surface area contributed by atoms with E-state index in [0.29, 0.717) is 6.07 Å². The molecule has 2 aromatic carbocycles. The van der Waals surface area contributed by atoms with Crippen LogP contribution >= 0.6 is 15.9 Å². The van der Waals surface area contributed by atoms with Crippen molar-refractivity contribution in [1.82, 2.24) is 4.72 Å². The Labute approximate surface area is 130 Å². The molecule has 0 unspecified atom stereocenters. The lowest BCUT2D eigenvalue weighted by atomic mass is 10.2. The highest BCUT2D eigenvalue weighted by Gasteiger charge is 2.15. The first-order valence-electron chi connectivity index (χ1n) is 5.99. The fourth-order valence-electron chi connectivity index (χ4n) is 1.71. The molecule has 0 aliphatic carbocycles. The zero-order chi connectivity index (χ0) is 15.6. The van der Waals surface area contributed by atoms with Crippen LogP contribution in [-0.2, 0) is 16.6 Å². The van der Waals surface area contributed by atoms with Crippen LogP contribution in [0, 0.1) is 18.6 Å². The van der Waals surface area contributed by atoms with Crippen molar-refractivity contribution in [3.63, 3.8) is 0 Å². The molecule has 0 atom stereocenters. The van der Waals surface area contributed by atoms with Crippen LogP contribution in [0.25, 0.3) is 0 Å². The second-order valence-corrected chi connectivity index (χ2v) is 7.09. The fraction of sp³-hybridized carbons (Fsp3) is 0.143. The van der Waals surface area contributed by atoms with E-state index in [2.05, 4.69) is 20.7 Å². The Hall–Kier alpha value is -1.31. The second-order valence-electron chi connectivity index (χ2n) is 4.47. The van der Waals surface area contributed by atoms with Crippen LogP contribution in [0.4, 0.5) is 8.78 Å². The molecule has 2 aromatic rings. The van der Waals surface area contributed by atoms with Gasteiger partial charge in [0.25, 0.3) is 0 Å². The predicted molar refractivity (Wildman–Crippen MR) is 79.3 cm³/mol. The van der Waals surface area contributed by atoms with E-state index < -0.39 is 21.7 Å². The molecule has 7 heteroatoms. The fourth-order valence-corrected chi connectivity index (χ4v) is 3.04. The molecule has 0 heterocycles. The van der Waals surface area contributed by atoms with E-state index in [4.69, 9.17) is 0 Å². The summed E-state index contributed by atoms with van der Waals surface area (Å²) in [5.41, 5.74) is 0.847. The van der Waals surface area contributed by atoms with E-state index in [-0.39, 0.29) is 17.0 Å². The Kier molecular flexibility index (Phi) is 4.75. The third kappa shape index (κ3) is 3.87. The van der Waals surface area contributed by atoms with Gasteiger partial charge in [0.05, 0.1) is 4.90 Å². The highest BCUT2D eigenvalue weighted by atomic mass is 79.9. The number of benzene rings is 2. The molecule has 0 saturated heterocycles. The van der Waals surface area contributed by atoms with Gasteiger partial charge >= 0.3 is 0 Å². The molecular formula is C14H12BrF2NO2S. The Morgan fingerprint density at radius 1 is 1.14 bits per heavy atom. The van der Waals surface area contributed by atoms with E-state index in [0.717, 1.165) is 16.1 Å². The minimum Gasteiger partial charge on any atom is -0.207 e. The highest BCUT2D eigenvalue weighted by Crippen LogP contribution is 2.20. The Morgan fingerprint density at radius 3 is 2.48 bits per heavy atom. The van der Waals surface area contributed by atoms with Crippen LogP contribution in [0.5, 0.6) is 0 Å². The van der Waals surface area contributed by atoms with Crippen molar-refractivity contribution < 1.29 is 17.2 Å². The summed E-state index contributed by atoms with van der Waals surface area (Å²) in [6.07, 6.45) is 0. The molecule has 0 amide bonds. The summed E-state index contributed by atoms with van der Waals surface area (Å²) in [7, 11) is -3.76. The van der Waals surface area contributed by atoms with Crippen molar-refractivity contribution >= 4 is 26.0 Å². The van der Waals surface area contributed by atoms with E-state index in [1.54, 1.807) is 13.0 Å². The van der Waals surface area contributed by atoms with Crippen LogP contribution in [-0.4, -0.2) is 8.42 Å². The maximum Gasteiger partial charge on any atom is 0.240 e. The van der Waals surface area contributed by atoms with E-state index >= 15 is 0 Å². The minimum absolute atomic E-state index is 0.0776. The quantitative estimate of drug-likeness (QED) is 0.888. The molecule has 0 aromatic heterocycles. The van der Waals surface area contributed by atoms with Gasteiger partial charge in [0.15, 0.2) is 0 Å². The molecule has 0 aliphatic heterocycles. The van der Waals surface area contributed by atoms with Gasteiger partial charge in [-0.3, -0.25) is 0 Å². The van der Waals surface area contributed by atoms with E-state index in [9.17, 15) is 17.2 Å². The van der Waals surface area contributed by atoms with Gasteiger partial charge in [-0.2, -0.15) is 0 Å². The predicted octanol–water partition coefficient (Wildman–Crippen LogP) is 3.51. The molecule has 0 bridgehead atoms. The number of aryl methyl sites for hydroxylation is 1. The van der Waals surface area contributed by atoms with Crippen molar-refractivity contribution in [3.05, 3.63) is 63.6 Å². The molecule has 0 saturated carbocycles. The Balaban J connectivity index is 2.19. The zero-order valence-corrected chi connectivity index (χ0v) is 13.4. The Bertz CT molecular complexity index is 779. The van der Waals surface area contributed by atoms with Crippen LogP contribution in [0.1, 0.15) is 11.1 Å². The van der Waals surface area contributed by atoms with Crippen LogP contribution < -0.4 is 4.72 Å². The zero-order valence-electron chi connectivity index (χ0n) is 11.0. The summed E-state index contributed by atoms with van der Waals surface area (Å²) < 4.78 is 53.6. The largest absolute Gasteiger partial charge is 0.240 e. The molecule has 0 spiro atoms. The SMILES string of the molecule is Cc1cc(S(=O)(=O)NCc2ccc(F)cc2F)ccc1Br. The Morgan fingerprint density at radius 2 is 1.86 bits per heavy atom. The lowest BCUT2D eigenvalue weighted by molar-refractivity contribution is 0.562. The van der Waals surface area contributed by atoms with Gasteiger partial charge in [0.2, 0.25) is 10.0 Å². The number of hydrogen-bond acceptors (Lipinski definition) is 2. The third-order valence-corrected chi connectivity index (χ3v) is 5.20. The highest BCUT2D eigenvalue weighted by molar-refractivity contribution is 9.10. The van der Waals surface area contributed by atoms with E-state index in [1.165, 1.54) is 18.2 Å². The molecule has 1 N–H and O–H groups in total. The number of hydrogen-bond donors (Lipinski definition) is 1. The molecule has 0 aliphatic rings. The standard InChI is InChI=1S/C14H12BrF2NO2S/c1-9-6-12(4-5-13(9)15)21(19,20)18-8-10-2-3-11(16)7-14(10)17/h2-7,18H,8H2,1H3. The average Bonchev–Trinajstić information content (AvgIpc) is 2.40. The lowest BCUT2D eigenvalue weighted by Gasteiger charge is -2.09. The van der Waals surface area contributed by atoms with Crippen LogP contribution in [0.15, 0.2) is 45.8 Å². The third-order valence-electron chi connectivity index (χ3n) is 2.91. The number of nitrogens with one attached hydrogen (secondary N) is 1. The van der Waals surface area contributed by atoms with Crippen molar-refractivity contribution in [3.8, 4) is 0 Å². The van der Waals surface area contributed by atoms with Gasteiger partial charge in [-0.1, -0.05) is 22.0 Å². The van der Waals surface area contributed by atoms with Gasteiger partial charge in [-0.15, -0.1) is 0 Å². The molecule has 21 heavy (non-hydrogen) atoms. The summed E-state index contributed by atoms with van der Waals surface area (Å²) >= 11 is 3.29. The first-order valence-corrected chi connectivity index (χ1v) is 8.27. The van der Waals surface area contributed by atoms with Crippen LogP contribution in [0.2, 0.25) is 0 Å². The second kappa shape index (κ2) is 6.21. The maximum atomic E-state index is 13.5. The van der Waals surface area contributed by atoms with Gasteiger partial charge in [-0.25, -0.2) is 21.9 Å². The van der Waals surface area contributed by atoms with Crippen molar-refractivity contribution in [2.45, 2.75) is 18.4 Å². The first kappa shape index (κ1) is 16.1. The maximum absolute atomic E-state index is 13.5. The number of rotatable bonds is 4. The number of halogens is 3. The van der Waals surface area contributed by atoms with Gasteiger partial charge in [0.1, 0.15) is 11.6 Å². The van der Waals surface area contributed by atoms with Crippen molar-refractivity contribution in [2.75, 3.05) is 0 Å². The summed E-state index contributed by atoms with van der Waals surface area (Å²) in [6.45, 7) is 1.52. The van der Waals surface area contributed by atoms with Gasteiger partial charge < -0.3 is 0 Å². The summed E-state index contributed by atoms with van der Waals surface area (Å²) in [6, 6.07) is 7.58. The normalized spacial score (nSPS) is 11.6. The molecule has 3 nitrogen and oxygen atoms in total. The average molecular weight is 376 g/mol. The number of sulfonamides is 1. The van der Waals surface area contributed by atoms with Gasteiger partial charge in [0, 0.05) is 22.6 Å². The monoisotopic (exact) mass is 375 g/mol. The smallest absolute Gasteiger partial charge is 0.207 e.